The maximum Gasteiger partial charge on any atom is 0.209 e. The molecule has 0 fully saturated rings. The molecule has 0 atom stereocenters. The van der Waals surface area contributed by atoms with Crippen LogP contribution in [0.15, 0.2) is 94.7 Å². The minimum atomic E-state index is -0.160. The Kier molecular flexibility index (Phi) is 7.74. The molecular weight excluding hydrogens is 504 g/mol. The third-order valence-electron chi connectivity index (χ3n) is 8.59. The zero-order valence-corrected chi connectivity index (χ0v) is 24.3. The normalized spacial score (nSPS) is 22.0. The molecular formula is C34H40ClN2O2+. The van der Waals surface area contributed by atoms with Gasteiger partial charge in [-0.15, -0.1) is 0 Å². The molecule has 5 heteroatoms. The second-order valence-electron chi connectivity index (χ2n) is 11.7. The second-order valence-corrected chi connectivity index (χ2v) is 12.1. The lowest BCUT2D eigenvalue weighted by Gasteiger charge is -2.26. The van der Waals surface area contributed by atoms with Crippen LogP contribution in [-0.4, -0.2) is 46.8 Å². The van der Waals surface area contributed by atoms with E-state index in [2.05, 4.69) is 110 Å². The van der Waals surface area contributed by atoms with Crippen molar-refractivity contribution < 1.29 is 14.8 Å². The van der Waals surface area contributed by atoms with Crippen LogP contribution in [0.25, 0.3) is 0 Å². The van der Waals surface area contributed by atoms with Gasteiger partial charge in [0.2, 0.25) is 5.69 Å². The third-order valence-corrected chi connectivity index (χ3v) is 9.07. The van der Waals surface area contributed by atoms with Crippen LogP contribution in [0.1, 0.15) is 58.1 Å². The molecule has 0 unspecified atom stereocenters. The van der Waals surface area contributed by atoms with Crippen molar-refractivity contribution in [3.63, 3.8) is 0 Å². The Morgan fingerprint density at radius 3 is 2.33 bits per heavy atom. The van der Waals surface area contributed by atoms with Crippen LogP contribution in [-0.2, 0) is 10.8 Å². The van der Waals surface area contributed by atoms with E-state index in [1.807, 2.05) is 0 Å². The first-order valence-corrected chi connectivity index (χ1v) is 14.4. The summed E-state index contributed by atoms with van der Waals surface area (Å²) in [6.07, 6.45) is 11.7. The number of benzene rings is 2. The summed E-state index contributed by atoms with van der Waals surface area (Å²) in [6.45, 7) is 10.3. The molecule has 2 aromatic rings. The molecule has 2 aliphatic heterocycles. The fourth-order valence-corrected chi connectivity index (χ4v) is 6.85. The van der Waals surface area contributed by atoms with Crippen molar-refractivity contribution in [1.29, 1.82) is 0 Å². The number of allylic oxidation sites excluding steroid dienone is 8. The van der Waals surface area contributed by atoms with Gasteiger partial charge < -0.3 is 15.1 Å². The van der Waals surface area contributed by atoms with Crippen LogP contribution in [0.2, 0.25) is 0 Å². The van der Waals surface area contributed by atoms with Gasteiger partial charge in [-0.25, -0.2) is 0 Å². The lowest BCUT2D eigenvalue weighted by Crippen LogP contribution is -2.28. The number of rotatable bonds is 7. The molecule has 1 aliphatic carbocycles. The summed E-state index contributed by atoms with van der Waals surface area (Å²) in [4.78, 5) is 2.24. The molecule has 0 spiro atoms. The molecule has 0 radical (unpaired) electrons. The number of aliphatic hydroxyl groups is 2. The van der Waals surface area contributed by atoms with Crippen molar-refractivity contribution in [2.75, 3.05) is 31.2 Å². The van der Waals surface area contributed by atoms with Crippen LogP contribution in [0.5, 0.6) is 0 Å². The Hall–Kier alpha value is -2.92. The molecule has 0 amide bonds. The maximum atomic E-state index is 9.79. The van der Waals surface area contributed by atoms with E-state index in [9.17, 15) is 10.2 Å². The van der Waals surface area contributed by atoms with Gasteiger partial charge in [0, 0.05) is 46.1 Å². The van der Waals surface area contributed by atoms with E-state index in [4.69, 9.17) is 11.6 Å². The molecule has 204 valence electrons. The highest BCUT2D eigenvalue weighted by molar-refractivity contribution is 6.32. The van der Waals surface area contributed by atoms with Crippen LogP contribution >= 0.6 is 11.6 Å². The smallest absolute Gasteiger partial charge is 0.209 e. The second kappa shape index (κ2) is 10.9. The highest BCUT2D eigenvalue weighted by atomic mass is 35.5. The first kappa shape index (κ1) is 27.6. The molecule has 5 rings (SSSR count). The molecule has 0 aromatic heterocycles. The summed E-state index contributed by atoms with van der Waals surface area (Å²) in [7, 11) is 0. The van der Waals surface area contributed by atoms with E-state index in [-0.39, 0.29) is 24.0 Å². The van der Waals surface area contributed by atoms with Crippen molar-refractivity contribution >= 4 is 28.7 Å². The first-order chi connectivity index (χ1) is 18.7. The lowest BCUT2D eigenvalue weighted by atomic mass is 9.81. The molecule has 0 saturated carbocycles. The van der Waals surface area contributed by atoms with Crippen LogP contribution in [0, 0.1) is 0 Å². The number of β-amino-alcohol motifs (C(OH)–C–C–N with tert-alkyl or cyclic N) is 2. The Morgan fingerprint density at radius 2 is 1.59 bits per heavy atom. The van der Waals surface area contributed by atoms with E-state index >= 15 is 0 Å². The minimum Gasteiger partial charge on any atom is -0.395 e. The standard InChI is InChI=1S/C34H40ClN2O2/c1-33(2)26-12-5-7-14-28(26)36(20-22-38)30(33)18-16-24-10-9-11-25(32(24)35)17-19-31-34(3,4)27-13-6-8-15-29(27)37(31)21-23-39/h5-8,12-19,38-39H,9-11,20-23H2,1-4H3/q+1. The molecule has 4 nitrogen and oxygen atoms in total. The van der Waals surface area contributed by atoms with Gasteiger partial charge in [-0.3, -0.25) is 0 Å². The van der Waals surface area contributed by atoms with Gasteiger partial charge in [0.25, 0.3) is 0 Å². The Bertz CT molecular complexity index is 1420. The number of halogens is 1. The van der Waals surface area contributed by atoms with Crippen molar-refractivity contribution in [2.45, 2.75) is 57.8 Å². The molecule has 2 N–H and O–H groups in total. The Balaban J connectivity index is 1.49. The molecule has 2 heterocycles. The number of hydrogen-bond donors (Lipinski definition) is 2. The van der Waals surface area contributed by atoms with Gasteiger partial charge in [0.05, 0.1) is 12.0 Å². The predicted octanol–water partition coefficient (Wildman–Crippen LogP) is 6.89. The SMILES string of the molecule is CC1(C)C(=CC=C2CCCC(C=CC3=[N+](CCO)c4ccccc4C3(C)C)=C2Cl)N(CCO)c2ccccc21. The van der Waals surface area contributed by atoms with E-state index in [1.54, 1.807) is 0 Å². The lowest BCUT2D eigenvalue weighted by molar-refractivity contribution is -0.441. The minimum absolute atomic E-state index is 0.0975. The molecule has 0 saturated heterocycles. The van der Waals surface area contributed by atoms with Crippen molar-refractivity contribution in [1.82, 2.24) is 0 Å². The average Bonchev–Trinajstić information content (AvgIpc) is 3.27. The zero-order valence-electron chi connectivity index (χ0n) is 23.5. The van der Waals surface area contributed by atoms with Gasteiger partial charge in [0.1, 0.15) is 6.61 Å². The molecule has 39 heavy (non-hydrogen) atoms. The van der Waals surface area contributed by atoms with Crippen LogP contribution in [0.4, 0.5) is 11.4 Å². The van der Waals surface area contributed by atoms with E-state index in [0.29, 0.717) is 13.1 Å². The summed E-state index contributed by atoms with van der Waals surface area (Å²) in [5.74, 6) is 0. The van der Waals surface area contributed by atoms with Crippen LogP contribution in [0.3, 0.4) is 0 Å². The number of para-hydroxylation sites is 2. The number of nitrogens with zero attached hydrogens (tertiary/aromatic N) is 2. The van der Waals surface area contributed by atoms with E-state index < -0.39 is 0 Å². The summed E-state index contributed by atoms with van der Waals surface area (Å²) < 4.78 is 2.24. The quantitative estimate of drug-likeness (QED) is 0.374. The largest absolute Gasteiger partial charge is 0.395 e. The Morgan fingerprint density at radius 1 is 0.872 bits per heavy atom. The van der Waals surface area contributed by atoms with Gasteiger partial charge in [-0.1, -0.05) is 74.0 Å². The van der Waals surface area contributed by atoms with Gasteiger partial charge in [-0.05, 0) is 62.0 Å². The predicted molar refractivity (Wildman–Crippen MR) is 162 cm³/mol. The fourth-order valence-electron chi connectivity index (χ4n) is 6.53. The number of anilines is 1. The average molecular weight is 544 g/mol. The molecule has 2 aromatic carbocycles. The zero-order chi connectivity index (χ0) is 27.8. The fraction of sp³-hybridized carbons (Fsp3) is 0.382. The van der Waals surface area contributed by atoms with Crippen molar-refractivity contribution in [3.05, 3.63) is 106 Å². The summed E-state index contributed by atoms with van der Waals surface area (Å²) in [5.41, 5.74) is 9.23. The van der Waals surface area contributed by atoms with Gasteiger partial charge >= 0.3 is 0 Å². The number of hydrogen-bond acceptors (Lipinski definition) is 3. The summed E-state index contributed by atoms with van der Waals surface area (Å²) >= 11 is 7.05. The summed E-state index contributed by atoms with van der Waals surface area (Å²) in [6, 6.07) is 16.9. The first-order valence-electron chi connectivity index (χ1n) is 14.0. The van der Waals surface area contributed by atoms with Crippen molar-refractivity contribution in [2.24, 2.45) is 0 Å². The van der Waals surface area contributed by atoms with E-state index in [1.165, 1.54) is 33.9 Å². The molecule has 3 aliphatic rings. The van der Waals surface area contributed by atoms with Crippen LogP contribution < -0.4 is 4.90 Å². The Labute approximate surface area is 237 Å². The number of aliphatic hydroxyl groups excluding tert-OH is 2. The third kappa shape index (κ3) is 4.84. The van der Waals surface area contributed by atoms with E-state index in [0.717, 1.165) is 35.4 Å². The monoisotopic (exact) mass is 543 g/mol. The van der Waals surface area contributed by atoms with Crippen molar-refractivity contribution in [3.8, 4) is 0 Å². The summed E-state index contributed by atoms with van der Waals surface area (Å²) in [5, 5.41) is 20.4. The number of fused-ring (bicyclic) bond motifs is 2. The topological polar surface area (TPSA) is 46.7 Å². The van der Waals surface area contributed by atoms with Gasteiger partial charge in [0.15, 0.2) is 12.3 Å². The maximum absolute atomic E-state index is 9.79. The highest BCUT2D eigenvalue weighted by Crippen LogP contribution is 2.47. The van der Waals surface area contributed by atoms with Gasteiger partial charge in [-0.2, -0.15) is 4.58 Å². The molecule has 0 bridgehead atoms. The highest BCUT2D eigenvalue weighted by Gasteiger charge is 2.44.